The predicted octanol–water partition coefficient (Wildman–Crippen LogP) is 0.809. The Labute approximate surface area is 75.5 Å². The molecule has 0 rings (SSSR count). The van der Waals surface area contributed by atoms with Crippen LogP contribution in [0.25, 0.3) is 0 Å². The van der Waals surface area contributed by atoms with Crippen molar-refractivity contribution in [3.63, 3.8) is 0 Å². The molecule has 0 atom stereocenters. The lowest BCUT2D eigenvalue weighted by Gasteiger charge is -2.06. The fraction of sp³-hybridized carbons (Fsp3) is 1.00. The van der Waals surface area contributed by atoms with Gasteiger partial charge in [0.15, 0.2) is 9.84 Å². The van der Waals surface area contributed by atoms with Crippen LogP contribution in [-0.2, 0) is 9.84 Å². The Bertz CT molecular complexity index is 197. The van der Waals surface area contributed by atoms with Crippen molar-refractivity contribution in [3.05, 3.63) is 0 Å². The fourth-order valence-electron chi connectivity index (χ4n) is 0.841. The quantitative estimate of drug-likeness (QED) is 0.635. The average molecular weight is 193 g/mol. The molecule has 0 aliphatic rings. The Kier molecular flexibility index (Phi) is 5.50. The van der Waals surface area contributed by atoms with E-state index in [2.05, 4.69) is 5.32 Å². The van der Waals surface area contributed by atoms with Gasteiger partial charge in [-0.05, 0) is 40.3 Å². The Morgan fingerprint density at radius 2 is 1.83 bits per heavy atom. The van der Waals surface area contributed by atoms with Crippen LogP contribution >= 0.6 is 0 Å². The van der Waals surface area contributed by atoms with Crippen molar-refractivity contribution in [2.24, 2.45) is 0 Å². The lowest BCUT2D eigenvalue weighted by molar-refractivity contribution is 0.581. The molecule has 0 aromatic heterocycles. The maximum atomic E-state index is 11.3. The van der Waals surface area contributed by atoms with Crippen LogP contribution in [0, 0.1) is 0 Å². The van der Waals surface area contributed by atoms with Crippen LogP contribution in [0.1, 0.15) is 26.7 Å². The first-order valence-electron chi connectivity index (χ1n) is 4.37. The van der Waals surface area contributed by atoms with Crippen LogP contribution in [0.2, 0.25) is 0 Å². The zero-order valence-electron chi connectivity index (χ0n) is 8.13. The molecule has 0 saturated heterocycles. The molecule has 0 saturated carbocycles. The highest BCUT2D eigenvalue weighted by Gasteiger charge is 2.14. The van der Waals surface area contributed by atoms with Gasteiger partial charge in [0.05, 0.1) is 11.0 Å². The molecule has 3 nitrogen and oxygen atoms in total. The third-order valence-corrected chi connectivity index (χ3v) is 4.12. The van der Waals surface area contributed by atoms with E-state index in [1.807, 2.05) is 7.05 Å². The number of unbranched alkanes of at least 4 members (excludes halogenated alkanes) is 1. The van der Waals surface area contributed by atoms with Crippen molar-refractivity contribution in [1.29, 1.82) is 0 Å². The summed E-state index contributed by atoms with van der Waals surface area (Å²) in [5.74, 6) is 0.326. The minimum atomic E-state index is -2.81. The van der Waals surface area contributed by atoms with Crippen LogP contribution < -0.4 is 5.32 Å². The van der Waals surface area contributed by atoms with E-state index >= 15 is 0 Å². The van der Waals surface area contributed by atoms with Crippen LogP contribution in [0.15, 0.2) is 0 Å². The van der Waals surface area contributed by atoms with Crippen LogP contribution in [-0.4, -0.2) is 33.0 Å². The van der Waals surface area contributed by atoms with Crippen LogP contribution in [0.5, 0.6) is 0 Å². The molecule has 0 heterocycles. The summed E-state index contributed by atoms with van der Waals surface area (Å²) in [6.45, 7) is 4.36. The van der Waals surface area contributed by atoms with Gasteiger partial charge in [-0.2, -0.15) is 0 Å². The molecule has 0 aliphatic carbocycles. The summed E-state index contributed by atoms with van der Waals surface area (Å²) in [7, 11) is -0.934. The average Bonchev–Trinajstić information content (AvgIpc) is 1.98. The highest BCUT2D eigenvalue weighted by Crippen LogP contribution is 2.03. The van der Waals surface area contributed by atoms with Crippen molar-refractivity contribution in [1.82, 2.24) is 5.32 Å². The Balaban J connectivity index is 3.63. The maximum absolute atomic E-state index is 11.3. The van der Waals surface area contributed by atoms with Gasteiger partial charge >= 0.3 is 0 Å². The number of hydrogen-bond acceptors (Lipinski definition) is 3. The molecule has 0 amide bonds. The first-order valence-corrected chi connectivity index (χ1v) is 6.08. The summed E-state index contributed by atoms with van der Waals surface area (Å²) in [5, 5.41) is 2.76. The Hall–Kier alpha value is -0.0900. The first-order chi connectivity index (χ1) is 5.50. The molecule has 0 unspecified atom stereocenters. The molecular formula is C8H19NO2S. The van der Waals surface area contributed by atoms with Gasteiger partial charge in [-0.1, -0.05) is 0 Å². The second-order valence-corrected chi connectivity index (χ2v) is 5.90. The van der Waals surface area contributed by atoms with Crippen molar-refractivity contribution in [2.75, 3.05) is 19.3 Å². The van der Waals surface area contributed by atoms with Crippen molar-refractivity contribution in [3.8, 4) is 0 Å². The molecule has 74 valence electrons. The summed E-state index contributed by atoms with van der Waals surface area (Å²) in [6.07, 6.45) is 1.70. The summed E-state index contributed by atoms with van der Waals surface area (Å²) in [5.41, 5.74) is 0. The summed E-state index contributed by atoms with van der Waals surface area (Å²) < 4.78 is 22.5. The number of sulfone groups is 1. The lowest BCUT2D eigenvalue weighted by Crippen LogP contribution is -2.18. The van der Waals surface area contributed by atoms with Gasteiger partial charge in [-0.25, -0.2) is 8.42 Å². The zero-order valence-corrected chi connectivity index (χ0v) is 8.95. The molecule has 0 aromatic carbocycles. The lowest BCUT2D eigenvalue weighted by atomic mass is 10.3. The number of rotatable bonds is 6. The minimum Gasteiger partial charge on any atom is -0.320 e. The topological polar surface area (TPSA) is 46.2 Å². The Morgan fingerprint density at radius 1 is 1.25 bits per heavy atom. The van der Waals surface area contributed by atoms with Gasteiger partial charge in [-0.15, -0.1) is 0 Å². The van der Waals surface area contributed by atoms with E-state index in [4.69, 9.17) is 0 Å². The third-order valence-electron chi connectivity index (χ3n) is 1.82. The van der Waals surface area contributed by atoms with Gasteiger partial charge in [0.1, 0.15) is 0 Å². The largest absolute Gasteiger partial charge is 0.320 e. The third kappa shape index (κ3) is 4.72. The van der Waals surface area contributed by atoms with Gasteiger partial charge in [-0.3, -0.25) is 0 Å². The molecular weight excluding hydrogens is 174 g/mol. The molecule has 0 aromatic rings. The molecule has 1 N–H and O–H groups in total. The SMILES string of the molecule is CNCCCCS(=O)(=O)C(C)C. The highest BCUT2D eigenvalue weighted by atomic mass is 32.2. The summed E-state index contributed by atoms with van der Waals surface area (Å²) >= 11 is 0. The van der Waals surface area contributed by atoms with Crippen molar-refractivity contribution < 1.29 is 8.42 Å². The molecule has 4 heteroatoms. The molecule has 0 spiro atoms. The van der Waals surface area contributed by atoms with Gasteiger partial charge < -0.3 is 5.32 Å². The molecule has 12 heavy (non-hydrogen) atoms. The van der Waals surface area contributed by atoms with E-state index in [0.717, 1.165) is 19.4 Å². The Morgan fingerprint density at radius 3 is 2.25 bits per heavy atom. The molecule has 0 fully saturated rings. The standard InChI is InChI=1S/C8H19NO2S/c1-8(2)12(10,11)7-5-4-6-9-3/h8-9H,4-7H2,1-3H3. The predicted molar refractivity (Wildman–Crippen MR) is 52.1 cm³/mol. The van der Waals surface area contributed by atoms with E-state index in [9.17, 15) is 8.42 Å². The van der Waals surface area contributed by atoms with Gasteiger partial charge in [0, 0.05) is 0 Å². The minimum absolute atomic E-state index is 0.230. The van der Waals surface area contributed by atoms with E-state index < -0.39 is 9.84 Å². The monoisotopic (exact) mass is 193 g/mol. The maximum Gasteiger partial charge on any atom is 0.152 e. The second kappa shape index (κ2) is 5.54. The normalized spacial score (nSPS) is 12.3. The van der Waals surface area contributed by atoms with E-state index in [1.54, 1.807) is 13.8 Å². The van der Waals surface area contributed by atoms with Gasteiger partial charge in [0.25, 0.3) is 0 Å². The zero-order chi connectivity index (χ0) is 9.61. The van der Waals surface area contributed by atoms with E-state index in [0.29, 0.717) is 5.75 Å². The fourth-order valence-corrected chi connectivity index (χ4v) is 1.92. The highest BCUT2D eigenvalue weighted by molar-refractivity contribution is 7.91. The van der Waals surface area contributed by atoms with Crippen molar-refractivity contribution >= 4 is 9.84 Å². The van der Waals surface area contributed by atoms with Gasteiger partial charge in [0.2, 0.25) is 0 Å². The smallest absolute Gasteiger partial charge is 0.152 e. The number of nitrogens with one attached hydrogen (secondary N) is 1. The summed E-state index contributed by atoms with van der Waals surface area (Å²) in [4.78, 5) is 0. The molecule has 0 aliphatic heterocycles. The van der Waals surface area contributed by atoms with Crippen LogP contribution in [0.4, 0.5) is 0 Å². The van der Waals surface area contributed by atoms with Crippen molar-refractivity contribution in [2.45, 2.75) is 31.9 Å². The molecule has 0 radical (unpaired) electrons. The first kappa shape index (κ1) is 11.9. The summed E-state index contributed by atoms with van der Waals surface area (Å²) in [6, 6.07) is 0. The molecule has 0 bridgehead atoms. The number of hydrogen-bond donors (Lipinski definition) is 1. The van der Waals surface area contributed by atoms with E-state index in [1.165, 1.54) is 0 Å². The van der Waals surface area contributed by atoms with Crippen LogP contribution in [0.3, 0.4) is 0 Å². The second-order valence-electron chi connectivity index (χ2n) is 3.23. The van der Waals surface area contributed by atoms with E-state index in [-0.39, 0.29) is 5.25 Å².